The Kier molecular flexibility index (Phi) is 3.94. The first kappa shape index (κ1) is 13.4. The lowest BCUT2D eigenvalue weighted by Crippen LogP contribution is -2.32. The fourth-order valence-electron chi connectivity index (χ4n) is 2.11. The van der Waals surface area contributed by atoms with Crippen LogP contribution in [0.3, 0.4) is 0 Å². The van der Waals surface area contributed by atoms with E-state index in [9.17, 15) is 0 Å². The molecule has 2 heterocycles. The number of ether oxygens (including phenoxy) is 2. The zero-order chi connectivity index (χ0) is 13.2. The van der Waals surface area contributed by atoms with Crippen molar-refractivity contribution < 1.29 is 9.47 Å². The Bertz CT molecular complexity index is 409. The van der Waals surface area contributed by atoms with Crippen molar-refractivity contribution >= 4 is 0 Å². The maximum absolute atomic E-state index is 5.74. The van der Waals surface area contributed by atoms with Crippen LogP contribution in [0.4, 0.5) is 0 Å². The molecule has 1 aromatic heterocycles. The van der Waals surface area contributed by atoms with Crippen LogP contribution in [0.15, 0.2) is 12.4 Å². The number of hydrogen-bond donors (Lipinski definition) is 1. The Labute approximate surface area is 108 Å². The third kappa shape index (κ3) is 3.25. The van der Waals surface area contributed by atoms with E-state index in [1.54, 1.807) is 12.4 Å². The van der Waals surface area contributed by atoms with Gasteiger partial charge in [-0.25, -0.2) is 0 Å². The van der Waals surface area contributed by atoms with Crippen LogP contribution < -0.4 is 5.32 Å². The van der Waals surface area contributed by atoms with Gasteiger partial charge in [0, 0.05) is 25.0 Å². The van der Waals surface area contributed by atoms with Crippen molar-refractivity contribution in [2.75, 3.05) is 13.2 Å². The Morgan fingerprint density at radius 1 is 1.44 bits per heavy atom. The summed E-state index contributed by atoms with van der Waals surface area (Å²) in [5.74, 6) is -0.460. The molecule has 1 N–H and O–H groups in total. The molecule has 0 bridgehead atoms. The highest BCUT2D eigenvalue weighted by atomic mass is 16.7. The molecule has 1 aromatic rings. The van der Waals surface area contributed by atoms with Gasteiger partial charge < -0.3 is 14.8 Å². The molecule has 1 aliphatic rings. The third-order valence-electron chi connectivity index (χ3n) is 3.05. The summed E-state index contributed by atoms with van der Waals surface area (Å²) in [6.07, 6.45) is 3.53. The first-order valence-corrected chi connectivity index (χ1v) is 6.30. The molecular formula is C13H21N3O2. The summed E-state index contributed by atoms with van der Waals surface area (Å²) in [7, 11) is 0. The summed E-state index contributed by atoms with van der Waals surface area (Å²) < 4.78 is 11.3. The van der Waals surface area contributed by atoms with Crippen LogP contribution >= 0.6 is 0 Å². The van der Waals surface area contributed by atoms with Crippen LogP contribution in [0, 0.1) is 6.92 Å². The van der Waals surface area contributed by atoms with Gasteiger partial charge >= 0.3 is 0 Å². The topological polar surface area (TPSA) is 56.3 Å². The molecule has 0 spiro atoms. The van der Waals surface area contributed by atoms with E-state index in [0.717, 1.165) is 17.9 Å². The third-order valence-corrected chi connectivity index (χ3v) is 3.05. The van der Waals surface area contributed by atoms with Crippen molar-refractivity contribution in [3.8, 4) is 0 Å². The SMILES string of the molecule is Cc1nccnc1C(C)NCC1COC(C)(C)O1. The molecule has 0 aliphatic carbocycles. The van der Waals surface area contributed by atoms with Crippen molar-refractivity contribution in [3.63, 3.8) is 0 Å². The average molecular weight is 251 g/mol. The van der Waals surface area contributed by atoms with E-state index in [-0.39, 0.29) is 12.1 Å². The lowest BCUT2D eigenvalue weighted by molar-refractivity contribution is -0.137. The van der Waals surface area contributed by atoms with Gasteiger partial charge in [-0.3, -0.25) is 9.97 Å². The standard InChI is InChI=1S/C13H21N3O2/c1-9-12(15-6-5-14-9)10(2)16-7-11-8-17-13(3,4)18-11/h5-6,10-11,16H,7-8H2,1-4H3. The number of nitrogens with one attached hydrogen (secondary N) is 1. The number of aryl methyl sites for hydroxylation is 1. The predicted octanol–water partition coefficient (Wildman–Crippen LogP) is 1.59. The van der Waals surface area contributed by atoms with Gasteiger partial charge in [-0.2, -0.15) is 0 Å². The fraction of sp³-hybridized carbons (Fsp3) is 0.692. The molecule has 18 heavy (non-hydrogen) atoms. The van der Waals surface area contributed by atoms with Crippen LogP contribution in [-0.2, 0) is 9.47 Å². The minimum Gasteiger partial charge on any atom is -0.348 e. The number of rotatable bonds is 4. The number of nitrogens with zero attached hydrogens (tertiary/aromatic N) is 2. The molecule has 1 fully saturated rings. The minimum atomic E-state index is -0.460. The molecule has 100 valence electrons. The second-order valence-corrected chi connectivity index (χ2v) is 5.11. The van der Waals surface area contributed by atoms with Crippen molar-refractivity contribution in [2.45, 2.75) is 45.6 Å². The van der Waals surface area contributed by atoms with Gasteiger partial charge in [-0.05, 0) is 27.7 Å². The van der Waals surface area contributed by atoms with Gasteiger partial charge in [0.25, 0.3) is 0 Å². The molecule has 0 amide bonds. The Hall–Kier alpha value is -1.04. The second-order valence-electron chi connectivity index (χ2n) is 5.11. The zero-order valence-corrected chi connectivity index (χ0v) is 11.4. The molecule has 2 rings (SSSR count). The number of aromatic nitrogens is 2. The van der Waals surface area contributed by atoms with E-state index >= 15 is 0 Å². The van der Waals surface area contributed by atoms with Gasteiger partial charge in [-0.15, -0.1) is 0 Å². The summed E-state index contributed by atoms with van der Waals surface area (Å²) in [4.78, 5) is 8.60. The van der Waals surface area contributed by atoms with Crippen molar-refractivity contribution in [1.29, 1.82) is 0 Å². The van der Waals surface area contributed by atoms with Crippen molar-refractivity contribution in [2.24, 2.45) is 0 Å². The van der Waals surface area contributed by atoms with Gasteiger partial charge in [0.15, 0.2) is 5.79 Å². The van der Waals surface area contributed by atoms with Crippen LogP contribution in [0.1, 0.15) is 38.2 Å². The van der Waals surface area contributed by atoms with Crippen molar-refractivity contribution in [3.05, 3.63) is 23.8 Å². The first-order valence-electron chi connectivity index (χ1n) is 6.30. The van der Waals surface area contributed by atoms with E-state index in [2.05, 4.69) is 22.2 Å². The summed E-state index contributed by atoms with van der Waals surface area (Å²) in [6, 6.07) is 0.158. The Balaban J connectivity index is 1.86. The van der Waals surface area contributed by atoms with Gasteiger partial charge in [0.2, 0.25) is 0 Å². The number of hydrogen-bond acceptors (Lipinski definition) is 5. The predicted molar refractivity (Wildman–Crippen MR) is 68.1 cm³/mol. The lowest BCUT2D eigenvalue weighted by Gasteiger charge is -2.19. The zero-order valence-electron chi connectivity index (χ0n) is 11.4. The average Bonchev–Trinajstić information content (AvgIpc) is 2.66. The molecule has 1 aliphatic heterocycles. The Morgan fingerprint density at radius 3 is 2.78 bits per heavy atom. The second kappa shape index (κ2) is 5.30. The summed E-state index contributed by atoms with van der Waals surface area (Å²) in [5, 5.41) is 3.41. The smallest absolute Gasteiger partial charge is 0.163 e. The molecule has 5 heteroatoms. The Morgan fingerprint density at radius 2 is 2.17 bits per heavy atom. The molecule has 0 radical (unpaired) electrons. The summed E-state index contributed by atoms with van der Waals surface area (Å²) in [5.41, 5.74) is 1.94. The summed E-state index contributed by atoms with van der Waals surface area (Å²) >= 11 is 0. The molecule has 1 saturated heterocycles. The van der Waals surface area contributed by atoms with E-state index in [1.165, 1.54) is 0 Å². The highest BCUT2D eigenvalue weighted by Crippen LogP contribution is 2.22. The largest absolute Gasteiger partial charge is 0.348 e. The maximum Gasteiger partial charge on any atom is 0.163 e. The first-order chi connectivity index (χ1) is 8.48. The summed E-state index contributed by atoms with van der Waals surface area (Å²) in [6.45, 7) is 9.30. The van der Waals surface area contributed by atoms with Gasteiger partial charge in [-0.1, -0.05) is 0 Å². The molecule has 2 unspecified atom stereocenters. The van der Waals surface area contributed by atoms with Gasteiger partial charge in [0.1, 0.15) is 0 Å². The highest BCUT2D eigenvalue weighted by Gasteiger charge is 2.32. The van der Waals surface area contributed by atoms with Crippen LogP contribution in [-0.4, -0.2) is 35.0 Å². The molecular weight excluding hydrogens is 230 g/mol. The van der Waals surface area contributed by atoms with Crippen LogP contribution in [0.5, 0.6) is 0 Å². The maximum atomic E-state index is 5.74. The quantitative estimate of drug-likeness (QED) is 0.880. The van der Waals surface area contributed by atoms with E-state index < -0.39 is 5.79 Å². The van der Waals surface area contributed by atoms with Crippen molar-refractivity contribution in [1.82, 2.24) is 15.3 Å². The monoisotopic (exact) mass is 251 g/mol. The highest BCUT2D eigenvalue weighted by molar-refractivity contribution is 5.12. The fourth-order valence-corrected chi connectivity index (χ4v) is 2.11. The molecule has 0 aromatic carbocycles. The molecule has 2 atom stereocenters. The molecule has 0 saturated carbocycles. The van der Waals surface area contributed by atoms with E-state index in [0.29, 0.717) is 6.61 Å². The van der Waals surface area contributed by atoms with E-state index in [4.69, 9.17) is 9.47 Å². The molecule has 5 nitrogen and oxygen atoms in total. The van der Waals surface area contributed by atoms with Crippen LogP contribution in [0.25, 0.3) is 0 Å². The van der Waals surface area contributed by atoms with Gasteiger partial charge in [0.05, 0.1) is 24.1 Å². The lowest BCUT2D eigenvalue weighted by atomic mass is 10.2. The van der Waals surface area contributed by atoms with Crippen LogP contribution in [0.2, 0.25) is 0 Å². The normalized spacial score (nSPS) is 24.1. The minimum absolute atomic E-state index is 0.0967. The van der Waals surface area contributed by atoms with E-state index in [1.807, 2.05) is 20.8 Å².